The SMILES string of the molecule is CCOc1ccc(NCc2cccc(Cl)c2Cl)cc1Cl. The largest absolute Gasteiger partial charge is 0.492 e. The van der Waals surface area contributed by atoms with E-state index in [1.165, 1.54) is 0 Å². The number of anilines is 1. The Morgan fingerprint density at radius 2 is 1.85 bits per heavy atom. The molecule has 0 aliphatic heterocycles. The molecule has 0 unspecified atom stereocenters. The second kappa shape index (κ2) is 7.07. The topological polar surface area (TPSA) is 21.3 Å². The van der Waals surface area contributed by atoms with Crippen LogP contribution in [0.15, 0.2) is 36.4 Å². The maximum absolute atomic E-state index is 6.14. The van der Waals surface area contributed by atoms with Gasteiger partial charge >= 0.3 is 0 Å². The van der Waals surface area contributed by atoms with E-state index in [2.05, 4.69) is 5.32 Å². The van der Waals surface area contributed by atoms with Gasteiger partial charge in [0.25, 0.3) is 0 Å². The molecule has 2 aromatic rings. The molecule has 5 heteroatoms. The van der Waals surface area contributed by atoms with E-state index in [1.54, 1.807) is 6.07 Å². The lowest BCUT2D eigenvalue weighted by atomic mass is 10.2. The third-order valence-electron chi connectivity index (χ3n) is 2.75. The Balaban J connectivity index is 2.07. The maximum atomic E-state index is 6.14. The molecule has 0 saturated carbocycles. The Morgan fingerprint density at radius 1 is 1.05 bits per heavy atom. The molecule has 1 N–H and O–H groups in total. The van der Waals surface area contributed by atoms with Gasteiger partial charge in [-0.25, -0.2) is 0 Å². The molecular formula is C15H14Cl3NO. The van der Waals surface area contributed by atoms with Crippen molar-refractivity contribution in [1.82, 2.24) is 0 Å². The molecule has 2 rings (SSSR count). The second-order valence-electron chi connectivity index (χ2n) is 4.14. The summed E-state index contributed by atoms with van der Waals surface area (Å²) in [6.07, 6.45) is 0. The molecule has 0 fully saturated rings. The van der Waals surface area contributed by atoms with E-state index in [-0.39, 0.29) is 0 Å². The number of hydrogen-bond donors (Lipinski definition) is 1. The van der Waals surface area contributed by atoms with Crippen molar-refractivity contribution < 1.29 is 4.74 Å². The van der Waals surface area contributed by atoms with Gasteiger partial charge < -0.3 is 10.1 Å². The monoisotopic (exact) mass is 329 g/mol. The van der Waals surface area contributed by atoms with Crippen LogP contribution in [0.2, 0.25) is 15.1 Å². The lowest BCUT2D eigenvalue weighted by Crippen LogP contribution is -2.00. The van der Waals surface area contributed by atoms with Crippen LogP contribution < -0.4 is 10.1 Å². The van der Waals surface area contributed by atoms with Crippen molar-refractivity contribution in [3.8, 4) is 5.75 Å². The zero-order valence-corrected chi connectivity index (χ0v) is 13.2. The van der Waals surface area contributed by atoms with Crippen molar-refractivity contribution in [3.05, 3.63) is 57.0 Å². The van der Waals surface area contributed by atoms with Gasteiger partial charge in [-0.3, -0.25) is 0 Å². The third kappa shape index (κ3) is 3.72. The average Bonchev–Trinajstić information content (AvgIpc) is 2.43. The van der Waals surface area contributed by atoms with Crippen molar-refractivity contribution in [3.63, 3.8) is 0 Å². The summed E-state index contributed by atoms with van der Waals surface area (Å²) in [4.78, 5) is 0. The molecule has 20 heavy (non-hydrogen) atoms. The summed E-state index contributed by atoms with van der Waals surface area (Å²) >= 11 is 18.3. The van der Waals surface area contributed by atoms with Crippen molar-refractivity contribution in [1.29, 1.82) is 0 Å². The third-order valence-corrected chi connectivity index (χ3v) is 3.90. The molecule has 0 amide bonds. The minimum absolute atomic E-state index is 0.552. The van der Waals surface area contributed by atoms with E-state index in [4.69, 9.17) is 39.5 Å². The number of ether oxygens (including phenoxy) is 1. The summed E-state index contributed by atoms with van der Waals surface area (Å²) in [5, 5.41) is 4.95. The van der Waals surface area contributed by atoms with Crippen LogP contribution in [-0.2, 0) is 6.54 Å². The smallest absolute Gasteiger partial charge is 0.138 e. The molecule has 2 nitrogen and oxygen atoms in total. The molecule has 0 aromatic heterocycles. The summed E-state index contributed by atoms with van der Waals surface area (Å²) in [6.45, 7) is 3.08. The van der Waals surface area contributed by atoms with E-state index in [1.807, 2.05) is 37.3 Å². The number of benzene rings is 2. The highest BCUT2D eigenvalue weighted by molar-refractivity contribution is 6.42. The van der Waals surface area contributed by atoms with Gasteiger partial charge in [-0.1, -0.05) is 46.9 Å². The summed E-state index contributed by atoms with van der Waals surface area (Å²) in [7, 11) is 0. The van der Waals surface area contributed by atoms with Gasteiger partial charge in [-0.05, 0) is 36.8 Å². The molecule has 0 aliphatic rings. The van der Waals surface area contributed by atoms with Crippen molar-refractivity contribution in [2.45, 2.75) is 13.5 Å². The standard InChI is InChI=1S/C15H14Cl3NO/c1-2-20-14-7-6-11(8-13(14)17)19-9-10-4-3-5-12(16)15(10)18/h3-8,19H,2,9H2,1H3. The van der Waals surface area contributed by atoms with Crippen LogP contribution in [0.3, 0.4) is 0 Å². The summed E-state index contributed by atoms with van der Waals surface area (Å²) in [5.74, 6) is 0.681. The van der Waals surface area contributed by atoms with Gasteiger partial charge in [-0.15, -0.1) is 0 Å². The number of nitrogens with one attached hydrogen (secondary N) is 1. The molecule has 0 radical (unpaired) electrons. The van der Waals surface area contributed by atoms with Crippen LogP contribution >= 0.6 is 34.8 Å². The highest BCUT2D eigenvalue weighted by atomic mass is 35.5. The van der Waals surface area contributed by atoms with Crippen LogP contribution in [-0.4, -0.2) is 6.61 Å². The fourth-order valence-corrected chi connectivity index (χ4v) is 2.39. The molecule has 0 bridgehead atoms. The molecule has 2 aromatic carbocycles. The van der Waals surface area contributed by atoms with E-state index in [0.717, 1.165) is 11.3 Å². The van der Waals surface area contributed by atoms with Gasteiger partial charge in [-0.2, -0.15) is 0 Å². The zero-order chi connectivity index (χ0) is 14.5. The minimum Gasteiger partial charge on any atom is -0.492 e. The van der Waals surface area contributed by atoms with Gasteiger partial charge in [0.2, 0.25) is 0 Å². The Hall–Kier alpha value is -1.09. The van der Waals surface area contributed by atoms with Crippen LogP contribution in [0.5, 0.6) is 5.75 Å². The highest BCUT2D eigenvalue weighted by Gasteiger charge is 2.05. The molecule has 0 saturated heterocycles. The molecule has 0 atom stereocenters. The number of hydrogen-bond acceptors (Lipinski definition) is 2. The average molecular weight is 331 g/mol. The fourth-order valence-electron chi connectivity index (χ4n) is 1.77. The number of halogens is 3. The van der Waals surface area contributed by atoms with E-state index in [0.29, 0.717) is 34.0 Å². The van der Waals surface area contributed by atoms with Crippen molar-refractivity contribution >= 4 is 40.5 Å². The first-order valence-electron chi connectivity index (χ1n) is 6.21. The predicted octanol–water partition coefficient (Wildman–Crippen LogP) is 5.66. The Labute approximate surface area is 133 Å². The second-order valence-corrected chi connectivity index (χ2v) is 5.34. The lowest BCUT2D eigenvalue weighted by Gasteiger charge is -2.11. The molecular weight excluding hydrogens is 317 g/mol. The highest BCUT2D eigenvalue weighted by Crippen LogP contribution is 2.29. The van der Waals surface area contributed by atoms with E-state index < -0.39 is 0 Å². The fraction of sp³-hybridized carbons (Fsp3) is 0.200. The molecule has 0 heterocycles. The molecule has 0 spiro atoms. The van der Waals surface area contributed by atoms with Crippen molar-refractivity contribution in [2.75, 3.05) is 11.9 Å². The maximum Gasteiger partial charge on any atom is 0.138 e. The first-order valence-corrected chi connectivity index (χ1v) is 7.34. The van der Waals surface area contributed by atoms with E-state index in [9.17, 15) is 0 Å². The minimum atomic E-state index is 0.552. The molecule has 106 valence electrons. The lowest BCUT2D eigenvalue weighted by molar-refractivity contribution is 0.340. The predicted molar refractivity (Wildman–Crippen MR) is 86.4 cm³/mol. The van der Waals surface area contributed by atoms with E-state index >= 15 is 0 Å². The van der Waals surface area contributed by atoms with Gasteiger partial charge in [0.05, 0.1) is 21.7 Å². The quantitative estimate of drug-likeness (QED) is 0.764. The van der Waals surface area contributed by atoms with Gasteiger partial charge in [0.15, 0.2) is 0 Å². The van der Waals surface area contributed by atoms with Gasteiger partial charge in [0.1, 0.15) is 5.75 Å². The van der Waals surface area contributed by atoms with Crippen LogP contribution in [0.4, 0.5) is 5.69 Å². The normalized spacial score (nSPS) is 10.4. The summed E-state index contributed by atoms with van der Waals surface area (Å²) < 4.78 is 5.39. The Kier molecular flexibility index (Phi) is 5.41. The first kappa shape index (κ1) is 15.3. The first-order chi connectivity index (χ1) is 9.61. The zero-order valence-electron chi connectivity index (χ0n) is 10.9. The van der Waals surface area contributed by atoms with Crippen LogP contribution in [0.1, 0.15) is 12.5 Å². The van der Waals surface area contributed by atoms with Crippen LogP contribution in [0.25, 0.3) is 0 Å². The van der Waals surface area contributed by atoms with Crippen LogP contribution in [0, 0.1) is 0 Å². The van der Waals surface area contributed by atoms with Gasteiger partial charge in [0, 0.05) is 12.2 Å². The summed E-state index contributed by atoms with van der Waals surface area (Å²) in [6, 6.07) is 11.1. The Morgan fingerprint density at radius 3 is 2.55 bits per heavy atom. The molecule has 0 aliphatic carbocycles. The van der Waals surface area contributed by atoms with Crippen molar-refractivity contribution in [2.24, 2.45) is 0 Å². The summed E-state index contributed by atoms with van der Waals surface area (Å²) in [5.41, 5.74) is 1.83. The number of rotatable bonds is 5. The Bertz CT molecular complexity index is 602.